The zero-order valence-electron chi connectivity index (χ0n) is 17.2. The van der Waals surface area contributed by atoms with E-state index in [9.17, 15) is 0 Å². The molecule has 10 heteroatoms. The van der Waals surface area contributed by atoms with Crippen LogP contribution in [0.15, 0.2) is 0 Å². The molecule has 2 aliphatic heterocycles. The van der Waals surface area contributed by atoms with Gasteiger partial charge in [0.15, 0.2) is 0 Å². The zero-order chi connectivity index (χ0) is 18.6. The molecule has 2 radical (unpaired) electrons. The van der Waals surface area contributed by atoms with Crippen LogP contribution in [0.25, 0.3) is 0 Å². The summed E-state index contributed by atoms with van der Waals surface area (Å²) in [5, 5.41) is 0. The Kier molecular flexibility index (Phi) is 15.4. The largest absolute Gasteiger partial charge is 0.405 e. The molecule has 154 valence electrons. The Hall–Kier alpha value is 2.70. The van der Waals surface area contributed by atoms with Gasteiger partial charge in [-0.15, -0.1) is 0 Å². The van der Waals surface area contributed by atoms with E-state index in [1.807, 2.05) is 26.9 Å². The predicted molar refractivity (Wildman–Crippen MR) is 104 cm³/mol. The van der Waals surface area contributed by atoms with Crippen LogP contribution in [0.2, 0.25) is 0 Å². The molecule has 2 heterocycles. The Morgan fingerprint density at radius 1 is 1.00 bits per heavy atom. The molecule has 2 rings (SSSR count). The second-order valence-electron chi connectivity index (χ2n) is 6.86. The summed E-state index contributed by atoms with van der Waals surface area (Å²) in [7, 11) is -1.08. The van der Waals surface area contributed by atoms with Crippen LogP contribution in [0.5, 0.6) is 0 Å². The fourth-order valence-corrected chi connectivity index (χ4v) is 4.92. The Morgan fingerprint density at radius 3 is 2.04 bits per heavy atom. The van der Waals surface area contributed by atoms with Crippen molar-refractivity contribution >= 4 is 21.8 Å². The summed E-state index contributed by atoms with van der Waals surface area (Å²) in [5.41, 5.74) is 0. The van der Waals surface area contributed by atoms with Crippen molar-refractivity contribution < 1.29 is 93.2 Å². The molecule has 0 amide bonds. The van der Waals surface area contributed by atoms with Gasteiger partial charge in [-0.1, -0.05) is 32.4 Å². The molecule has 6 nitrogen and oxygen atoms in total. The number of hydrogen-bond donors (Lipinski definition) is 0. The van der Waals surface area contributed by atoms with E-state index in [4.69, 9.17) is 27.8 Å². The van der Waals surface area contributed by atoms with Crippen LogP contribution in [-0.2, 0) is 93.2 Å². The molecule has 2 saturated heterocycles. The van der Waals surface area contributed by atoms with Crippen molar-refractivity contribution in [2.75, 3.05) is 40.3 Å². The molecule has 0 aromatic heterocycles. The SMILES string of the molecule is C=P(C)(OC[C@H]1O[C@@H](C)[CH-]C1OP(C)C)OC1[CH-][C@H](C)O[C@@H]1COC.[Y].[Y]. The van der Waals surface area contributed by atoms with E-state index in [1.54, 1.807) is 7.11 Å². The Balaban J connectivity index is 0.00000338. The van der Waals surface area contributed by atoms with Gasteiger partial charge in [-0.3, -0.25) is 12.8 Å². The summed E-state index contributed by atoms with van der Waals surface area (Å²) >= 11 is 0. The second kappa shape index (κ2) is 14.0. The van der Waals surface area contributed by atoms with Gasteiger partial charge in [0.1, 0.15) is 7.34 Å². The van der Waals surface area contributed by atoms with Gasteiger partial charge in [-0.25, -0.2) is 0 Å². The minimum atomic E-state index is -2.27. The maximum atomic E-state index is 6.15. The minimum Gasteiger partial charge on any atom is -0.405 e. The van der Waals surface area contributed by atoms with E-state index in [0.29, 0.717) is 13.2 Å². The standard InChI is InChI=1S/C17H32O6P2.2Y/c1-12-8-14(22-24(4)5)17(21-12)11-19-25(6,7)23-15-9-13(2)20-16(15)10-18-3;;/h8-9,12-17H,6,10-11H2,1-5,7H3;;/q-2;;/t12-,13-,14?,15?,16+,17+,25?;;/m0../s1. The molecule has 0 bridgehead atoms. The van der Waals surface area contributed by atoms with E-state index < -0.39 is 15.5 Å². The van der Waals surface area contributed by atoms with Crippen LogP contribution in [0.3, 0.4) is 0 Å². The first-order valence-corrected chi connectivity index (χ1v) is 13.0. The quantitative estimate of drug-likeness (QED) is 0.313. The van der Waals surface area contributed by atoms with Gasteiger partial charge < -0.3 is 27.8 Å². The average molecular weight is 572 g/mol. The van der Waals surface area contributed by atoms with Crippen molar-refractivity contribution in [3.05, 3.63) is 12.8 Å². The summed E-state index contributed by atoms with van der Waals surface area (Å²) in [6.45, 7) is 11.0. The van der Waals surface area contributed by atoms with Gasteiger partial charge in [-0.05, 0) is 25.5 Å². The molecule has 0 aliphatic carbocycles. The van der Waals surface area contributed by atoms with E-state index in [0.717, 1.165) is 0 Å². The third kappa shape index (κ3) is 10.2. The summed E-state index contributed by atoms with van der Waals surface area (Å²) in [5.74, 6) is 0. The summed E-state index contributed by atoms with van der Waals surface area (Å²) in [4.78, 5) is 0. The summed E-state index contributed by atoms with van der Waals surface area (Å²) in [6, 6.07) is 0. The van der Waals surface area contributed by atoms with Crippen molar-refractivity contribution in [3.8, 4) is 0 Å². The predicted octanol–water partition coefficient (Wildman–Crippen LogP) is 2.96. The summed E-state index contributed by atoms with van der Waals surface area (Å²) < 4.78 is 35.1. The number of rotatable bonds is 9. The van der Waals surface area contributed by atoms with Crippen molar-refractivity contribution in [3.63, 3.8) is 0 Å². The monoisotopic (exact) mass is 572 g/mol. The minimum absolute atomic E-state index is 0. The number of hydrogen-bond acceptors (Lipinski definition) is 6. The van der Waals surface area contributed by atoms with Crippen LogP contribution in [-0.4, -0.2) is 83.2 Å². The molecule has 0 N–H and O–H groups in total. The molecule has 0 aromatic carbocycles. The van der Waals surface area contributed by atoms with Crippen LogP contribution < -0.4 is 0 Å². The van der Waals surface area contributed by atoms with E-state index in [2.05, 4.69) is 26.0 Å². The maximum absolute atomic E-state index is 6.15. The van der Waals surface area contributed by atoms with E-state index in [1.165, 1.54) is 0 Å². The molecule has 7 atom stereocenters. The van der Waals surface area contributed by atoms with Gasteiger partial charge in [0.2, 0.25) is 0 Å². The van der Waals surface area contributed by atoms with Crippen LogP contribution >= 0.6 is 15.5 Å². The van der Waals surface area contributed by atoms with Gasteiger partial charge in [0, 0.05) is 87.3 Å². The fourth-order valence-electron chi connectivity index (χ4n) is 2.98. The molecular formula is C17H32O6P2Y2-2. The first-order chi connectivity index (χ1) is 11.7. The van der Waals surface area contributed by atoms with E-state index >= 15 is 0 Å². The molecule has 0 spiro atoms. The zero-order valence-corrected chi connectivity index (χ0v) is 24.7. The van der Waals surface area contributed by atoms with Crippen molar-refractivity contribution in [2.24, 2.45) is 0 Å². The van der Waals surface area contributed by atoms with E-state index in [-0.39, 0.29) is 102 Å². The smallest absolute Gasteiger partial charge is 0.112 e. The normalized spacial score (nSPS) is 35.5. The van der Waals surface area contributed by atoms with Gasteiger partial charge >= 0.3 is 0 Å². The van der Waals surface area contributed by atoms with Crippen LogP contribution in [0.1, 0.15) is 13.8 Å². The number of methoxy groups -OCH3 is 1. The third-order valence-electron chi connectivity index (χ3n) is 3.95. The molecule has 27 heavy (non-hydrogen) atoms. The first-order valence-electron chi connectivity index (χ1n) is 8.58. The topological polar surface area (TPSA) is 55.4 Å². The molecule has 0 saturated carbocycles. The second-order valence-corrected chi connectivity index (χ2v) is 11.2. The molecule has 2 aliphatic rings. The van der Waals surface area contributed by atoms with Gasteiger partial charge in [0.25, 0.3) is 0 Å². The molecular weight excluding hydrogens is 540 g/mol. The average Bonchev–Trinajstić information content (AvgIpc) is 2.99. The Labute approximate surface area is 216 Å². The Morgan fingerprint density at radius 2 is 1.52 bits per heavy atom. The summed E-state index contributed by atoms with van der Waals surface area (Å²) in [6.07, 6.45) is 7.92. The third-order valence-corrected chi connectivity index (χ3v) is 6.00. The van der Waals surface area contributed by atoms with Gasteiger partial charge in [0.05, 0.1) is 25.4 Å². The maximum Gasteiger partial charge on any atom is 0.112 e. The van der Waals surface area contributed by atoms with Gasteiger partial charge in [-0.2, -0.15) is 0 Å². The van der Waals surface area contributed by atoms with Crippen molar-refractivity contribution in [1.29, 1.82) is 0 Å². The van der Waals surface area contributed by atoms with Crippen molar-refractivity contribution in [1.82, 2.24) is 0 Å². The molecule has 2 fully saturated rings. The molecule has 0 aromatic rings. The van der Waals surface area contributed by atoms with Crippen LogP contribution in [0.4, 0.5) is 0 Å². The van der Waals surface area contributed by atoms with Crippen molar-refractivity contribution in [2.45, 2.75) is 50.5 Å². The fraction of sp³-hybridized carbons (Fsp3) is 0.824. The number of ether oxygens (including phenoxy) is 3. The van der Waals surface area contributed by atoms with Crippen LogP contribution in [0, 0.1) is 12.8 Å². The molecule has 3 unspecified atom stereocenters. The first kappa shape index (κ1) is 29.7. The Bertz CT molecular complexity index is 471.